The molecule has 28 heavy (non-hydrogen) atoms. The number of amides is 1. The van der Waals surface area contributed by atoms with Crippen LogP contribution in [0.5, 0.6) is 5.75 Å². The first kappa shape index (κ1) is 21.3. The smallest absolute Gasteiger partial charge is 0.417 e. The van der Waals surface area contributed by atoms with Crippen LogP contribution in [0.25, 0.3) is 0 Å². The van der Waals surface area contributed by atoms with Gasteiger partial charge in [-0.25, -0.2) is 0 Å². The third kappa shape index (κ3) is 5.74. The van der Waals surface area contributed by atoms with Crippen LogP contribution in [0, 0.1) is 18.3 Å². The lowest BCUT2D eigenvalue weighted by Crippen LogP contribution is -2.38. The SMILES string of the molecule is CCCC(Oc1ccc(C#N)c(C(F)(F)F)c1)C(=O)NCc1cccc(C)c1. The molecule has 2 rings (SSSR count). The van der Waals surface area contributed by atoms with Crippen molar-refractivity contribution in [2.45, 2.75) is 45.5 Å². The van der Waals surface area contributed by atoms with E-state index in [0.717, 1.165) is 23.3 Å². The summed E-state index contributed by atoms with van der Waals surface area (Å²) in [7, 11) is 0. The fraction of sp³-hybridized carbons (Fsp3) is 0.333. The van der Waals surface area contributed by atoms with E-state index in [-0.39, 0.29) is 5.75 Å². The molecular formula is C21H21F3N2O2. The van der Waals surface area contributed by atoms with Crippen molar-refractivity contribution in [3.63, 3.8) is 0 Å². The molecule has 2 aromatic rings. The zero-order chi connectivity index (χ0) is 20.7. The molecule has 0 aliphatic rings. The lowest BCUT2D eigenvalue weighted by Gasteiger charge is -2.19. The molecule has 1 amide bonds. The van der Waals surface area contributed by atoms with Crippen molar-refractivity contribution < 1.29 is 22.7 Å². The number of hydrogen-bond donors (Lipinski definition) is 1. The van der Waals surface area contributed by atoms with E-state index in [1.807, 2.05) is 38.1 Å². The number of aryl methyl sites for hydroxylation is 1. The fourth-order valence-corrected chi connectivity index (χ4v) is 2.72. The molecule has 0 saturated heterocycles. The quantitative estimate of drug-likeness (QED) is 0.742. The van der Waals surface area contributed by atoms with Crippen LogP contribution in [0.3, 0.4) is 0 Å². The predicted molar refractivity (Wildman–Crippen MR) is 98.5 cm³/mol. The highest BCUT2D eigenvalue weighted by atomic mass is 19.4. The minimum absolute atomic E-state index is 0.101. The Bertz CT molecular complexity index is 873. The van der Waals surface area contributed by atoms with Gasteiger partial charge >= 0.3 is 6.18 Å². The van der Waals surface area contributed by atoms with Crippen LogP contribution in [0.4, 0.5) is 13.2 Å². The summed E-state index contributed by atoms with van der Waals surface area (Å²) >= 11 is 0. The summed E-state index contributed by atoms with van der Waals surface area (Å²) in [4.78, 5) is 12.5. The summed E-state index contributed by atoms with van der Waals surface area (Å²) in [5.41, 5.74) is 0.408. The molecule has 0 saturated carbocycles. The molecule has 4 nitrogen and oxygen atoms in total. The molecule has 0 aromatic heterocycles. The van der Waals surface area contributed by atoms with Crippen LogP contribution in [0.15, 0.2) is 42.5 Å². The van der Waals surface area contributed by atoms with Gasteiger partial charge in [-0.3, -0.25) is 4.79 Å². The van der Waals surface area contributed by atoms with Gasteiger partial charge in [0.25, 0.3) is 5.91 Å². The molecule has 0 heterocycles. The Hall–Kier alpha value is -3.01. The van der Waals surface area contributed by atoms with Crippen LogP contribution in [-0.4, -0.2) is 12.0 Å². The predicted octanol–water partition coefficient (Wildman–Crippen LogP) is 4.75. The minimum atomic E-state index is -4.68. The van der Waals surface area contributed by atoms with Gasteiger partial charge < -0.3 is 10.1 Å². The van der Waals surface area contributed by atoms with Gasteiger partial charge in [0.1, 0.15) is 5.75 Å². The maximum Gasteiger partial charge on any atom is 0.417 e. The molecule has 0 aliphatic heterocycles. The van der Waals surface area contributed by atoms with Gasteiger partial charge in [0.15, 0.2) is 6.10 Å². The zero-order valence-corrected chi connectivity index (χ0v) is 15.6. The number of carbonyl (C=O) groups is 1. The Balaban J connectivity index is 2.13. The molecular weight excluding hydrogens is 369 g/mol. The number of benzene rings is 2. The van der Waals surface area contributed by atoms with Gasteiger partial charge in [-0.2, -0.15) is 18.4 Å². The van der Waals surface area contributed by atoms with E-state index in [2.05, 4.69) is 5.32 Å². The highest BCUT2D eigenvalue weighted by Crippen LogP contribution is 2.34. The first-order chi connectivity index (χ1) is 13.2. The second-order valence-electron chi connectivity index (χ2n) is 6.42. The third-order valence-electron chi connectivity index (χ3n) is 4.09. The van der Waals surface area contributed by atoms with E-state index in [0.29, 0.717) is 19.4 Å². The van der Waals surface area contributed by atoms with Crippen molar-refractivity contribution in [1.82, 2.24) is 5.32 Å². The summed E-state index contributed by atoms with van der Waals surface area (Å²) in [5, 5.41) is 11.6. The van der Waals surface area contributed by atoms with Gasteiger partial charge in [0.2, 0.25) is 0 Å². The number of alkyl halides is 3. The summed E-state index contributed by atoms with van der Waals surface area (Å²) in [6.45, 7) is 4.09. The molecule has 1 N–H and O–H groups in total. The lowest BCUT2D eigenvalue weighted by atomic mass is 10.1. The van der Waals surface area contributed by atoms with Gasteiger partial charge in [-0.1, -0.05) is 43.2 Å². The number of rotatable bonds is 7. The van der Waals surface area contributed by atoms with Crippen LogP contribution in [-0.2, 0) is 17.5 Å². The molecule has 2 aromatic carbocycles. The summed E-state index contributed by atoms with van der Waals surface area (Å²) in [6, 6.07) is 12.2. The highest BCUT2D eigenvalue weighted by molar-refractivity contribution is 5.81. The number of carbonyl (C=O) groups excluding carboxylic acids is 1. The molecule has 0 spiro atoms. The molecule has 148 valence electrons. The molecule has 0 radical (unpaired) electrons. The molecule has 0 fully saturated rings. The molecule has 1 atom stereocenters. The van der Waals surface area contributed by atoms with Crippen LogP contribution >= 0.6 is 0 Å². The number of hydrogen-bond acceptors (Lipinski definition) is 3. The first-order valence-electron chi connectivity index (χ1n) is 8.86. The average molecular weight is 390 g/mol. The Morgan fingerprint density at radius 3 is 2.61 bits per heavy atom. The zero-order valence-electron chi connectivity index (χ0n) is 15.6. The maximum absolute atomic E-state index is 13.1. The number of nitriles is 1. The summed E-state index contributed by atoms with van der Waals surface area (Å²) in [5.74, 6) is -0.503. The van der Waals surface area contributed by atoms with Crippen molar-refractivity contribution in [3.8, 4) is 11.8 Å². The van der Waals surface area contributed by atoms with E-state index in [1.165, 1.54) is 12.1 Å². The van der Waals surface area contributed by atoms with Crippen molar-refractivity contribution in [2.24, 2.45) is 0 Å². The van der Waals surface area contributed by atoms with Gasteiger partial charge in [-0.05, 0) is 37.1 Å². The Morgan fingerprint density at radius 1 is 1.25 bits per heavy atom. The van der Waals surface area contributed by atoms with Gasteiger partial charge in [0.05, 0.1) is 17.2 Å². The Kier molecular flexibility index (Phi) is 7.05. The average Bonchev–Trinajstić information content (AvgIpc) is 2.65. The fourth-order valence-electron chi connectivity index (χ4n) is 2.72. The van der Waals surface area contributed by atoms with E-state index in [4.69, 9.17) is 10.00 Å². The molecule has 1 unspecified atom stereocenters. The van der Waals surface area contributed by atoms with Crippen LogP contribution < -0.4 is 10.1 Å². The molecule has 7 heteroatoms. The largest absolute Gasteiger partial charge is 0.481 e. The van der Waals surface area contributed by atoms with Crippen molar-refractivity contribution in [3.05, 3.63) is 64.7 Å². The van der Waals surface area contributed by atoms with Crippen LogP contribution in [0.1, 0.15) is 42.0 Å². The van der Waals surface area contributed by atoms with Gasteiger partial charge in [-0.15, -0.1) is 0 Å². The normalized spacial score (nSPS) is 12.1. The van der Waals surface area contributed by atoms with E-state index < -0.39 is 29.3 Å². The highest BCUT2D eigenvalue weighted by Gasteiger charge is 2.34. The maximum atomic E-state index is 13.1. The minimum Gasteiger partial charge on any atom is -0.481 e. The van der Waals surface area contributed by atoms with Crippen LogP contribution in [0.2, 0.25) is 0 Å². The number of halogens is 3. The van der Waals surface area contributed by atoms with Crippen molar-refractivity contribution in [1.29, 1.82) is 5.26 Å². The topological polar surface area (TPSA) is 62.1 Å². The van der Waals surface area contributed by atoms with E-state index >= 15 is 0 Å². The summed E-state index contributed by atoms with van der Waals surface area (Å²) in [6.07, 6.45) is -4.65. The van der Waals surface area contributed by atoms with E-state index in [1.54, 1.807) is 0 Å². The second kappa shape index (κ2) is 9.27. The van der Waals surface area contributed by atoms with Gasteiger partial charge in [0, 0.05) is 6.54 Å². The van der Waals surface area contributed by atoms with Crippen molar-refractivity contribution >= 4 is 5.91 Å². The molecule has 0 bridgehead atoms. The third-order valence-corrected chi connectivity index (χ3v) is 4.09. The summed E-state index contributed by atoms with van der Waals surface area (Å²) < 4.78 is 44.9. The standard InChI is InChI=1S/C21H21F3N2O2/c1-3-5-19(20(27)26-13-15-7-4-6-14(2)10-15)28-17-9-8-16(12-25)18(11-17)21(22,23)24/h4,6-11,19H,3,5,13H2,1-2H3,(H,26,27). The Morgan fingerprint density at radius 2 is 2.00 bits per heavy atom. The number of nitrogens with one attached hydrogen (secondary N) is 1. The lowest BCUT2D eigenvalue weighted by molar-refractivity contribution is -0.137. The Labute approximate surface area is 161 Å². The molecule has 0 aliphatic carbocycles. The first-order valence-corrected chi connectivity index (χ1v) is 8.86. The number of nitrogens with zero attached hydrogens (tertiary/aromatic N) is 1. The van der Waals surface area contributed by atoms with E-state index in [9.17, 15) is 18.0 Å². The number of ether oxygens (including phenoxy) is 1. The van der Waals surface area contributed by atoms with Crippen molar-refractivity contribution in [2.75, 3.05) is 0 Å². The second-order valence-corrected chi connectivity index (χ2v) is 6.42. The monoisotopic (exact) mass is 390 g/mol.